The molecular weight excluding hydrogens is 527 g/mol. The fourth-order valence-electron chi connectivity index (χ4n) is 3.77. The number of ketones is 2. The maximum atomic E-state index is 13.3. The largest absolute Gasteiger partial charge is 0.465 e. The molecule has 0 radical (unpaired) electrons. The third kappa shape index (κ3) is 5.44. The summed E-state index contributed by atoms with van der Waals surface area (Å²) >= 11 is 12.7. The van der Waals surface area contributed by atoms with Crippen molar-refractivity contribution in [1.82, 2.24) is 0 Å². The fraction of sp³-hybridized carbons (Fsp3) is 0.0345. The minimum atomic E-state index is -0.754. The van der Waals surface area contributed by atoms with Crippen molar-refractivity contribution in [2.24, 2.45) is 0 Å². The summed E-state index contributed by atoms with van der Waals surface area (Å²) in [4.78, 5) is 51.7. The standard InChI is InChI=1S/C29H20Cl2N2O5/c1-38-29(37)19-15-25(21(13-23(19)31)27(35)17-10-6-3-7-11-17)33-28(36)18-14-24(32)20(12-22(18)30)26(34)16-8-4-2-5-9-16/h2-15H,32H2,1H3,(H,33,36). The summed E-state index contributed by atoms with van der Waals surface area (Å²) in [5, 5.41) is 2.56. The Hall–Kier alpha value is -4.46. The zero-order chi connectivity index (χ0) is 27.4. The fourth-order valence-corrected chi connectivity index (χ4v) is 4.26. The molecule has 4 aromatic carbocycles. The van der Waals surface area contributed by atoms with E-state index in [9.17, 15) is 19.2 Å². The molecule has 0 aliphatic carbocycles. The third-order valence-corrected chi connectivity index (χ3v) is 6.33. The monoisotopic (exact) mass is 546 g/mol. The number of anilines is 2. The van der Waals surface area contributed by atoms with E-state index in [0.29, 0.717) is 11.1 Å². The number of carbonyl (C=O) groups is 4. The number of benzene rings is 4. The van der Waals surface area contributed by atoms with Gasteiger partial charge in [-0.15, -0.1) is 0 Å². The second-order valence-corrected chi connectivity index (χ2v) is 8.95. The number of nitrogens with two attached hydrogens (primary N) is 1. The zero-order valence-corrected chi connectivity index (χ0v) is 21.5. The maximum absolute atomic E-state index is 13.3. The second-order valence-electron chi connectivity index (χ2n) is 8.13. The first-order valence-electron chi connectivity index (χ1n) is 11.2. The molecule has 0 saturated heterocycles. The number of methoxy groups -OCH3 is 1. The van der Waals surface area contributed by atoms with Crippen LogP contribution in [0.1, 0.15) is 52.6 Å². The molecule has 9 heteroatoms. The van der Waals surface area contributed by atoms with E-state index in [1.807, 2.05) is 0 Å². The summed E-state index contributed by atoms with van der Waals surface area (Å²) in [6.45, 7) is 0. The van der Waals surface area contributed by atoms with Gasteiger partial charge in [0.1, 0.15) is 0 Å². The van der Waals surface area contributed by atoms with Crippen LogP contribution in [0.15, 0.2) is 84.9 Å². The van der Waals surface area contributed by atoms with Crippen LogP contribution in [0.25, 0.3) is 0 Å². The summed E-state index contributed by atoms with van der Waals surface area (Å²) in [5.41, 5.74) is 7.01. The van der Waals surface area contributed by atoms with E-state index in [0.717, 1.165) is 0 Å². The molecule has 0 spiro atoms. The van der Waals surface area contributed by atoms with Gasteiger partial charge in [0, 0.05) is 27.9 Å². The molecule has 7 nitrogen and oxygen atoms in total. The highest BCUT2D eigenvalue weighted by molar-refractivity contribution is 6.36. The lowest BCUT2D eigenvalue weighted by Gasteiger charge is -2.15. The Balaban J connectivity index is 1.73. The van der Waals surface area contributed by atoms with Gasteiger partial charge in [-0.3, -0.25) is 14.4 Å². The van der Waals surface area contributed by atoms with Crippen LogP contribution in [0.4, 0.5) is 11.4 Å². The van der Waals surface area contributed by atoms with Crippen LogP contribution >= 0.6 is 23.2 Å². The van der Waals surface area contributed by atoms with Crippen molar-refractivity contribution in [1.29, 1.82) is 0 Å². The number of hydrogen-bond donors (Lipinski definition) is 2. The van der Waals surface area contributed by atoms with Gasteiger partial charge < -0.3 is 15.8 Å². The lowest BCUT2D eigenvalue weighted by atomic mass is 9.98. The molecule has 4 rings (SSSR count). The lowest BCUT2D eigenvalue weighted by Crippen LogP contribution is -2.18. The highest BCUT2D eigenvalue weighted by Crippen LogP contribution is 2.31. The van der Waals surface area contributed by atoms with Gasteiger partial charge in [-0.25, -0.2) is 4.79 Å². The summed E-state index contributed by atoms with van der Waals surface area (Å²) in [7, 11) is 1.18. The average molecular weight is 547 g/mol. The molecule has 0 aliphatic rings. The number of nitrogens with one attached hydrogen (secondary N) is 1. The van der Waals surface area contributed by atoms with Gasteiger partial charge in [-0.2, -0.15) is 0 Å². The molecule has 190 valence electrons. The molecule has 0 fully saturated rings. The number of amides is 1. The van der Waals surface area contributed by atoms with Crippen molar-refractivity contribution in [2.75, 3.05) is 18.2 Å². The molecule has 0 unspecified atom stereocenters. The Bertz CT molecular complexity index is 1570. The quantitative estimate of drug-likeness (QED) is 0.165. The van der Waals surface area contributed by atoms with Gasteiger partial charge in [-0.1, -0.05) is 83.9 Å². The second kappa shape index (κ2) is 11.3. The van der Waals surface area contributed by atoms with Gasteiger partial charge in [0.05, 0.1) is 34.0 Å². The first-order chi connectivity index (χ1) is 18.2. The van der Waals surface area contributed by atoms with Gasteiger partial charge in [0.2, 0.25) is 0 Å². The van der Waals surface area contributed by atoms with Crippen LogP contribution < -0.4 is 11.1 Å². The topological polar surface area (TPSA) is 116 Å². The van der Waals surface area contributed by atoms with Gasteiger partial charge in [0.15, 0.2) is 11.6 Å². The first-order valence-corrected chi connectivity index (χ1v) is 12.0. The minimum Gasteiger partial charge on any atom is -0.465 e. The molecule has 4 aromatic rings. The summed E-state index contributed by atoms with van der Waals surface area (Å²) in [5.74, 6) is -2.27. The summed E-state index contributed by atoms with van der Waals surface area (Å²) < 4.78 is 4.76. The molecule has 0 saturated carbocycles. The Morgan fingerprint density at radius 2 is 1.18 bits per heavy atom. The van der Waals surface area contributed by atoms with E-state index in [1.54, 1.807) is 60.7 Å². The van der Waals surface area contributed by atoms with Crippen LogP contribution in [0.3, 0.4) is 0 Å². The SMILES string of the molecule is COC(=O)c1cc(NC(=O)c2cc(N)c(C(=O)c3ccccc3)cc2Cl)c(C(=O)c2ccccc2)cc1Cl. The number of ether oxygens (including phenoxy) is 1. The van der Waals surface area contributed by atoms with Crippen LogP contribution in [0.2, 0.25) is 10.0 Å². The first kappa shape index (κ1) is 26.6. The molecule has 0 atom stereocenters. The van der Waals surface area contributed by atoms with Gasteiger partial charge in [0.25, 0.3) is 5.91 Å². The van der Waals surface area contributed by atoms with Crippen molar-refractivity contribution in [3.8, 4) is 0 Å². The van der Waals surface area contributed by atoms with Gasteiger partial charge >= 0.3 is 5.97 Å². The van der Waals surface area contributed by atoms with Crippen LogP contribution in [0.5, 0.6) is 0 Å². The summed E-state index contributed by atoms with van der Waals surface area (Å²) in [6.07, 6.45) is 0. The molecule has 38 heavy (non-hydrogen) atoms. The average Bonchev–Trinajstić information content (AvgIpc) is 2.94. The molecular formula is C29H20Cl2N2O5. The smallest absolute Gasteiger partial charge is 0.339 e. The number of halogens is 2. The van der Waals surface area contributed by atoms with E-state index in [-0.39, 0.29) is 49.5 Å². The Kier molecular flexibility index (Phi) is 7.90. The normalized spacial score (nSPS) is 10.5. The molecule has 0 heterocycles. The number of esters is 1. The van der Waals surface area contributed by atoms with Crippen LogP contribution in [-0.2, 0) is 4.74 Å². The molecule has 0 bridgehead atoms. The van der Waals surface area contributed by atoms with E-state index in [2.05, 4.69) is 5.32 Å². The van der Waals surface area contributed by atoms with Crippen molar-refractivity contribution in [2.45, 2.75) is 0 Å². The van der Waals surface area contributed by atoms with Crippen LogP contribution in [0, 0.1) is 0 Å². The predicted molar refractivity (Wildman–Crippen MR) is 146 cm³/mol. The number of rotatable bonds is 7. The highest BCUT2D eigenvalue weighted by Gasteiger charge is 2.24. The maximum Gasteiger partial charge on any atom is 0.339 e. The Labute approximate surface area is 228 Å². The molecule has 3 N–H and O–H groups in total. The third-order valence-electron chi connectivity index (χ3n) is 5.71. The Morgan fingerprint density at radius 3 is 1.74 bits per heavy atom. The van der Waals surface area contributed by atoms with E-state index in [1.165, 1.54) is 31.4 Å². The van der Waals surface area contributed by atoms with Crippen LogP contribution in [-0.4, -0.2) is 30.6 Å². The number of nitrogen functional groups attached to an aromatic ring is 1. The van der Waals surface area contributed by atoms with Crippen molar-refractivity contribution >= 4 is 58.0 Å². The highest BCUT2D eigenvalue weighted by atomic mass is 35.5. The van der Waals surface area contributed by atoms with E-state index < -0.39 is 17.7 Å². The molecule has 0 aromatic heterocycles. The summed E-state index contributed by atoms with van der Waals surface area (Å²) in [6, 6.07) is 22.0. The van der Waals surface area contributed by atoms with Crippen molar-refractivity contribution in [3.63, 3.8) is 0 Å². The van der Waals surface area contributed by atoms with Crippen molar-refractivity contribution in [3.05, 3.63) is 128 Å². The lowest BCUT2D eigenvalue weighted by molar-refractivity contribution is 0.0600. The number of hydrogen-bond acceptors (Lipinski definition) is 6. The number of carbonyl (C=O) groups excluding carboxylic acids is 4. The minimum absolute atomic E-state index is 0.00716. The predicted octanol–water partition coefficient (Wildman–Crippen LogP) is 6.08. The Morgan fingerprint density at radius 1 is 0.684 bits per heavy atom. The zero-order valence-electron chi connectivity index (χ0n) is 20.0. The van der Waals surface area contributed by atoms with E-state index >= 15 is 0 Å². The van der Waals surface area contributed by atoms with E-state index in [4.69, 9.17) is 33.7 Å². The molecule has 1 amide bonds. The molecule has 0 aliphatic heterocycles. The van der Waals surface area contributed by atoms with Gasteiger partial charge in [-0.05, 0) is 24.3 Å². The van der Waals surface area contributed by atoms with Crippen molar-refractivity contribution < 1.29 is 23.9 Å².